The van der Waals surface area contributed by atoms with Gasteiger partial charge >= 0.3 is 0 Å². The topological polar surface area (TPSA) is 82.0 Å². The van der Waals surface area contributed by atoms with Crippen molar-refractivity contribution in [2.75, 3.05) is 26.2 Å². The lowest BCUT2D eigenvalue weighted by atomic mass is 10.1. The Labute approximate surface area is 190 Å². The van der Waals surface area contributed by atoms with Gasteiger partial charge in [0.15, 0.2) is 0 Å². The lowest BCUT2D eigenvalue weighted by Crippen LogP contribution is -2.22. The number of ether oxygens (including phenoxy) is 1. The van der Waals surface area contributed by atoms with Gasteiger partial charge in [0, 0.05) is 28.0 Å². The van der Waals surface area contributed by atoms with Crippen LogP contribution in [0.4, 0.5) is 0 Å². The quantitative estimate of drug-likeness (QED) is 0.306. The summed E-state index contributed by atoms with van der Waals surface area (Å²) in [5.74, 6) is -0.730. The fraction of sp³-hybridized carbons (Fsp3) is 0.520. The second-order valence-electron chi connectivity index (χ2n) is 6.99. The fourth-order valence-corrected chi connectivity index (χ4v) is 2.84. The highest BCUT2D eigenvalue weighted by molar-refractivity contribution is 5.36. The van der Waals surface area contributed by atoms with Crippen LogP contribution in [0.15, 0.2) is 48.5 Å². The highest BCUT2D eigenvalue weighted by Crippen LogP contribution is 2.22. The van der Waals surface area contributed by atoms with Crippen molar-refractivity contribution >= 4 is 0 Å². The molecule has 0 amide bonds. The summed E-state index contributed by atoms with van der Waals surface area (Å²) in [6.45, 7) is -4.40. The van der Waals surface area contributed by atoms with Gasteiger partial charge in [0.25, 0.3) is 0 Å². The Morgan fingerprint density at radius 1 is 1.03 bits per heavy atom. The van der Waals surface area contributed by atoms with Crippen molar-refractivity contribution in [3.8, 4) is 5.75 Å². The minimum absolute atomic E-state index is 0.199. The van der Waals surface area contributed by atoms with Crippen molar-refractivity contribution < 1.29 is 29.7 Å². The zero-order valence-electron chi connectivity index (χ0n) is 24.3. The van der Waals surface area contributed by atoms with Gasteiger partial charge in [-0.15, -0.1) is 0 Å². The molecule has 30 heavy (non-hydrogen) atoms. The van der Waals surface area contributed by atoms with Gasteiger partial charge in [-0.3, -0.25) is 0 Å². The van der Waals surface area contributed by atoms with Crippen LogP contribution in [0, 0.1) is 0 Å². The van der Waals surface area contributed by atoms with Crippen molar-refractivity contribution in [3.05, 3.63) is 65.1 Å². The Morgan fingerprint density at radius 2 is 1.83 bits per heavy atom. The third-order valence-corrected chi connectivity index (χ3v) is 4.54. The Hall–Kier alpha value is -1.92. The number of nitrogens with one attached hydrogen (secondary N) is 1. The summed E-state index contributed by atoms with van der Waals surface area (Å²) in [5.41, 5.74) is 0.358. The minimum atomic E-state index is -2.42. The first-order valence-corrected chi connectivity index (χ1v) is 10.4. The van der Waals surface area contributed by atoms with Crippen LogP contribution < -0.4 is 5.32 Å². The van der Waals surface area contributed by atoms with Crippen LogP contribution in [-0.2, 0) is 17.8 Å². The van der Waals surface area contributed by atoms with Crippen LogP contribution in [0.2, 0.25) is 0 Å². The molecule has 2 rings (SSSR count). The molecule has 0 aromatic heterocycles. The van der Waals surface area contributed by atoms with E-state index in [-0.39, 0.29) is 18.7 Å². The Kier molecular flexibility index (Phi) is 7.89. The number of rotatable bonds is 16. The van der Waals surface area contributed by atoms with Crippen LogP contribution in [0.25, 0.3) is 0 Å². The van der Waals surface area contributed by atoms with Gasteiger partial charge in [-0.25, -0.2) is 0 Å². The molecule has 5 heteroatoms. The fourth-order valence-electron chi connectivity index (χ4n) is 2.84. The van der Waals surface area contributed by atoms with Crippen molar-refractivity contribution in [2.24, 2.45) is 0 Å². The molecular formula is C25H37NO4. The number of benzene rings is 2. The van der Waals surface area contributed by atoms with E-state index in [4.69, 9.17) is 14.3 Å². The van der Waals surface area contributed by atoms with E-state index in [1.54, 1.807) is 0 Å². The predicted octanol–water partition coefficient (Wildman–Crippen LogP) is 4.11. The number of aryl methyl sites for hydroxylation is 1. The summed E-state index contributed by atoms with van der Waals surface area (Å²) in [4.78, 5) is 0. The van der Waals surface area contributed by atoms with E-state index in [0.29, 0.717) is 25.7 Å². The summed E-state index contributed by atoms with van der Waals surface area (Å²) in [7, 11) is 0. The number of aliphatic hydroxyl groups is 2. The third-order valence-electron chi connectivity index (χ3n) is 4.54. The lowest BCUT2D eigenvalue weighted by molar-refractivity contribution is 0.126. The van der Waals surface area contributed by atoms with Crippen LogP contribution in [0.3, 0.4) is 0 Å². The van der Waals surface area contributed by atoms with E-state index in [1.807, 2.05) is 30.3 Å². The zero-order valence-corrected chi connectivity index (χ0v) is 17.3. The lowest BCUT2D eigenvalue weighted by Gasteiger charge is -2.14. The number of phenols is 1. The molecule has 1 atom stereocenters. The normalized spacial score (nSPS) is 16.5. The molecule has 0 aliphatic heterocycles. The highest BCUT2D eigenvalue weighted by Gasteiger charge is 2.09. The second kappa shape index (κ2) is 15.0. The molecule has 5 nitrogen and oxygen atoms in total. The van der Waals surface area contributed by atoms with Crippen molar-refractivity contribution in [3.63, 3.8) is 0 Å². The van der Waals surface area contributed by atoms with Crippen LogP contribution >= 0.6 is 0 Å². The molecular weight excluding hydrogens is 378 g/mol. The molecule has 0 aliphatic rings. The molecule has 0 bridgehead atoms. The first-order valence-electron chi connectivity index (χ1n) is 13.9. The van der Waals surface area contributed by atoms with Gasteiger partial charge in [-0.05, 0) is 61.9 Å². The van der Waals surface area contributed by atoms with Crippen molar-refractivity contribution in [2.45, 2.75) is 57.7 Å². The minimum Gasteiger partial charge on any atom is -0.508 e. The third kappa shape index (κ3) is 9.72. The van der Waals surface area contributed by atoms with Gasteiger partial charge in [0.2, 0.25) is 0 Å². The molecule has 0 heterocycles. The van der Waals surface area contributed by atoms with Gasteiger partial charge in [-0.2, -0.15) is 0 Å². The average molecular weight is 423 g/mol. The van der Waals surface area contributed by atoms with E-state index < -0.39 is 55.2 Å². The summed E-state index contributed by atoms with van der Waals surface area (Å²) in [5, 5.41) is 32.3. The Bertz CT molecular complexity index is 993. The number of hydrogen-bond acceptors (Lipinski definition) is 5. The van der Waals surface area contributed by atoms with E-state index in [9.17, 15) is 15.3 Å². The first kappa shape index (κ1) is 15.8. The maximum atomic E-state index is 10.5. The average Bonchev–Trinajstić information content (AvgIpc) is 2.85. The molecule has 0 saturated heterocycles. The molecule has 0 fully saturated rings. The predicted molar refractivity (Wildman–Crippen MR) is 121 cm³/mol. The molecule has 0 spiro atoms. The number of hydrogen-bond donors (Lipinski definition) is 4. The van der Waals surface area contributed by atoms with Gasteiger partial charge in [0.1, 0.15) is 5.75 Å². The van der Waals surface area contributed by atoms with E-state index >= 15 is 0 Å². The Morgan fingerprint density at radius 3 is 2.63 bits per heavy atom. The smallest absolute Gasteiger partial charge is 0.121 e. The standard InChI is InChI=1S/C25H37NO4/c27-20-23-18-22(13-14-24(23)28)25(29)19-26-15-7-1-2-8-16-30-17-9-6-12-21-10-4-3-5-11-21/h3-5,10-11,13-14,18,25-29H,1-2,6-9,12,15-17,19-20H2/i13D,14D,17D2,18D,19D2. The van der Waals surface area contributed by atoms with E-state index in [2.05, 4.69) is 5.32 Å². The molecule has 0 radical (unpaired) electrons. The van der Waals surface area contributed by atoms with Crippen molar-refractivity contribution in [1.82, 2.24) is 5.32 Å². The van der Waals surface area contributed by atoms with Gasteiger partial charge in [0.05, 0.1) is 19.6 Å². The number of aliphatic hydroxyl groups excluding tert-OH is 2. The number of unbranched alkanes of at least 4 members (excludes halogenated alkanes) is 3. The monoisotopic (exact) mass is 422 g/mol. The molecule has 1 unspecified atom stereocenters. The van der Waals surface area contributed by atoms with E-state index in [0.717, 1.165) is 19.3 Å². The van der Waals surface area contributed by atoms with Gasteiger partial charge < -0.3 is 25.4 Å². The Balaban J connectivity index is 1.70. The highest BCUT2D eigenvalue weighted by atomic mass is 16.5. The molecule has 4 N–H and O–H groups in total. The maximum absolute atomic E-state index is 10.5. The molecule has 2 aromatic carbocycles. The first-order chi connectivity index (χ1) is 17.4. The maximum Gasteiger partial charge on any atom is 0.121 e. The summed E-state index contributed by atoms with van der Waals surface area (Å²) >= 11 is 0. The largest absolute Gasteiger partial charge is 0.508 e. The van der Waals surface area contributed by atoms with Crippen LogP contribution in [0.5, 0.6) is 5.75 Å². The van der Waals surface area contributed by atoms with Gasteiger partial charge in [-0.1, -0.05) is 49.2 Å². The molecule has 166 valence electrons. The molecule has 0 aliphatic carbocycles. The summed E-state index contributed by atoms with van der Waals surface area (Å²) in [6.07, 6.45) is 2.53. The molecule has 2 aromatic rings. The van der Waals surface area contributed by atoms with E-state index in [1.165, 1.54) is 5.56 Å². The second-order valence-corrected chi connectivity index (χ2v) is 6.99. The summed E-state index contributed by atoms with van der Waals surface area (Å²) in [6, 6.07) is 7.98. The SMILES string of the molecule is [2H]c1c([2H])c(C(O)C([2H])([2H])NCCCCCCOC([2H])([2H])CCCc2ccccc2)c([2H])c(CO)c1O. The molecule has 0 saturated carbocycles. The summed E-state index contributed by atoms with van der Waals surface area (Å²) < 4.78 is 61.4. The van der Waals surface area contributed by atoms with Crippen LogP contribution in [0.1, 0.15) is 70.9 Å². The number of aromatic hydroxyl groups is 1. The van der Waals surface area contributed by atoms with Crippen LogP contribution in [-0.4, -0.2) is 41.5 Å². The zero-order chi connectivity index (χ0) is 27.6. The van der Waals surface area contributed by atoms with Crippen molar-refractivity contribution in [1.29, 1.82) is 0 Å².